The average Bonchev–Trinajstić information content (AvgIpc) is 3.32. The third kappa shape index (κ3) is 7.80. The zero-order valence-electron chi connectivity index (χ0n) is 41.4. The van der Waals surface area contributed by atoms with Crippen molar-refractivity contribution in [3.63, 3.8) is 0 Å². The van der Waals surface area contributed by atoms with Crippen LogP contribution in [0.2, 0.25) is 0 Å². The van der Waals surface area contributed by atoms with Crippen LogP contribution in [0.25, 0.3) is 0 Å². The predicted molar refractivity (Wildman–Crippen MR) is 272 cm³/mol. The van der Waals surface area contributed by atoms with Crippen molar-refractivity contribution in [3.05, 3.63) is 278 Å². The van der Waals surface area contributed by atoms with Gasteiger partial charge in [0.15, 0.2) is 0 Å². The molecule has 0 aliphatic heterocycles. The van der Waals surface area contributed by atoms with E-state index >= 15 is 17.6 Å². The van der Waals surface area contributed by atoms with Gasteiger partial charge in [-0.2, -0.15) is 0 Å². The summed E-state index contributed by atoms with van der Waals surface area (Å²) in [6.45, 7) is 26.4. The molecule has 0 heterocycles. The Balaban J connectivity index is 1.54. The Morgan fingerprint density at radius 3 is 0.471 bits per heavy atom. The van der Waals surface area contributed by atoms with Crippen LogP contribution in [0.15, 0.2) is 121 Å². The Kier molecular flexibility index (Phi) is 12.2. The molecule has 9 rings (SSSR count). The maximum atomic E-state index is 15.0. The first-order valence-corrected chi connectivity index (χ1v) is 23.8. The van der Waals surface area contributed by atoms with Crippen LogP contribution in [0, 0.1) is 106 Å². The molecule has 4 heteroatoms. The summed E-state index contributed by atoms with van der Waals surface area (Å²) >= 11 is 0. The number of fused-ring (bicyclic) bond motifs is 8. The Morgan fingerprint density at radius 1 is 0.206 bits per heavy atom. The molecule has 0 nitrogen and oxygen atoms in total. The van der Waals surface area contributed by atoms with E-state index in [-0.39, 0.29) is 46.9 Å². The van der Waals surface area contributed by atoms with Gasteiger partial charge in [-0.05, 0) is 265 Å². The molecule has 0 unspecified atom stereocenters. The van der Waals surface area contributed by atoms with Crippen molar-refractivity contribution in [1.82, 2.24) is 0 Å². The number of benzene rings is 8. The van der Waals surface area contributed by atoms with Gasteiger partial charge < -0.3 is 0 Å². The van der Waals surface area contributed by atoms with Crippen molar-refractivity contribution < 1.29 is 17.6 Å². The van der Waals surface area contributed by atoms with Gasteiger partial charge in [-0.15, -0.1) is 0 Å². The molecule has 0 N–H and O–H groups in total. The van der Waals surface area contributed by atoms with Gasteiger partial charge in [-0.25, -0.2) is 17.6 Å². The van der Waals surface area contributed by atoms with Gasteiger partial charge in [0.25, 0.3) is 0 Å². The van der Waals surface area contributed by atoms with E-state index in [1.54, 1.807) is 48.5 Å². The quantitative estimate of drug-likeness (QED) is 0.154. The number of hydrogen-bond donors (Lipinski definition) is 0. The monoisotopic (exact) mass is 904 g/mol. The largest absolute Gasteiger partial charge is 0.207 e. The summed E-state index contributed by atoms with van der Waals surface area (Å²) in [7, 11) is 0. The first kappa shape index (κ1) is 46.6. The zero-order valence-corrected chi connectivity index (χ0v) is 41.4. The molecule has 1 aliphatic rings. The van der Waals surface area contributed by atoms with Gasteiger partial charge in [0.2, 0.25) is 0 Å². The highest BCUT2D eigenvalue weighted by atomic mass is 19.1. The number of rotatable bonds is 4. The Morgan fingerprint density at radius 2 is 0.338 bits per heavy atom. The van der Waals surface area contributed by atoms with E-state index in [9.17, 15) is 0 Å². The summed E-state index contributed by atoms with van der Waals surface area (Å²) < 4.78 is 60.1. The Labute approximate surface area is 400 Å². The molecule has 0 amide bonds. The standard InChI is InChI=1S/C64H60F4/c1-33-37(5)53-29-54(38(33)6)62(46-15-23-50(66)24-16-46)56-31-58(42(10)35(3)40(56)8)64(48-19-27-52(68)28-20-48)60-32-59(43(11)36(4)44(60)12)63(47-17-25-51(67)26-18-47)57-30-55(39(7)34(2)41(57)9)61(53)45-13-21-49(65)22-14-45/h13-32,61-64H,1-12H3. The van der Waals surface area contributed by atoms with Crippen molar-refractivity contribution in [2.75, 3.05) is 0 Å². The Hall–Kier alpha value is -6.52. The maximum absolute atomic E-state index is 15.0. The molecule has 8 bridgehead atoms. The number of halogens is 4. The van der Waals surface area contributed by atoms with Gasteiger partial charge in [-0.3, -0.25) is 0 Å². The minimum Gasteiger partial charge on any atom is -0.207 e. The van der Waals surface area contributed by atoms with Gasteiger partial charge >= 0.3 is 0 Å². The van der Waals surface area contributed by atoms with Crippen LogP contribution in [-0.2, 0) is 0 Å². The van der Waals surface area contributed by atoms with Crippen LogP contribution in [0.4, 0.5) is 17.6 Å². The molecule has 0 spiro atoms. The fourth-order valence-corrected chi connectivity index (χ4v) is 11.5. The summed E-state index contributed by atoms with van der Waals surface area (Å²) in [5.74, 6) is -2.43. The lowest BCUT2D eigenvalue weighted by Crippen LogP contribution is -2.18. The van der Waals surface area contributed by atoms with Crippen LogP contribution in [0.5, 0.6) is 0 Å². The normalized spacial score (nSPS) is 16.8. The minimum atomic E-state index is -0.307. The van der Waals surface area contributed by atoms with Crippen molar-refractivity contribution in [3.8, 4) is 0 Å². The van der Waals surface area contributed by atoms with Gasteiger partial charge in [-0.1, -0.05) is 72.8 Å². The molecule has 0 fully saturated rings. The highest BCUT2D eigenvalue weighted by Crippen LogP contribution is 2.50. The molecule has 0 radical (unpaired) electrons. The second kappa shape index (κ2) is 17.9. The summed E-state index contributed by atoms with van der Waals surface area (Å²) in [5.41, 5.74) is 26.6. The molecule has 8 aromatic carbocycles. The second-order valence-corrected chi connectivity index (χ2v) is 19.7. The first-order chi connectivity index (χ1) is 32.4. The van der Waals surface area contributed by atoms with Crippen LogP contribution in [0.3, 0.4) is 0 Å². The van der Waals surface area contributed by atoms with Gasteiger partial charge in [0.05, 0.1) is 0 Å². The molecular weight excluding hydrogens is 845 g/mol. The van der Waals surface area contributed by atoms with E-state index < -0.39 is 0 Å². The molecule has 0 saturated heterocycles. The van der Waals surface area contributed by atoms with Gasteiger partial charge in [0.1, 0.15) is 23.3 Å². The maximum Gasteiger partial charge on any atom is 0.123 e. The molecular formula is C64H60F4. The smallest absolute Gasteiger partial charge is 0.123 e. The summed E-state index contributed by atoms with van der Waals surface area (Å²) in [4.78, 5) is 0. The van der Waals surface area contributed by atoms with Crippen LogP contribution >= 0.6 is 0 Å². The van der Waals surface area contributed by atoms with Crippen LogP contribution < -0.4 is 0 Å². The average molecular weight is 905 g/mol. The third-order valence-corrected chi connectivity index (χ3v) is 16.5. The van der Waals surface area contributed by atoms with E-state index in [1.165, 1.54) is 0 Å². The topological polar surface area (TPSA) is 0 Å². The van der Waals surface area contributed by atoms with Crippen molar-refractivity contribution in [2.24, 2.45) is 0 Å². The lowest BCUT2D eigenvalue weighted by molar-refractivity contribution is 0.626. The highest BCUT2D eigenvalue weighted by molar-refractivity contribution is 5.65. The molecule has 0 aromatic heterocycles. The molecule has 1 aliphatic carbocycles. The van der Waals surface area contributed by atoms with Crippen LogP contribution in [0.1, 0.15) is 157 Å². The Bertz CT molecular complexity index is 2710. The fraction of sp³-hybridized carbons (Fsp3) is 0.250. The van der Waals surface area contributed by atoms with E-state index in [0.29, 0.717) is 0 Å². The van der Waals surface area contributed by atoms with Crippen molar-refractivity contribution in [2.45, 2.75) is 107 Å². The van der Waals surface area contributed by atoms with E-state index in [2.05, 4.69) is 107 Å². The van der Waals surface area contributed by atoms with Gasteiger partial charge in [0, 0.05) is 23.7 Å². The van der Waals surface area contributed by atoms with Crippen LogP contribution in [-0.4, -0.2) is 0 Å². The molecule has 0 saturated carbocycles. The summed E-state index contributed by atoms with van der Waals surface area (Å²) in [6.07, 6.45) is 0. The van der Waals surface area contributed by atoms with Crippen molar-refractivity contribution in [1.29, 1.82) is 0 Å². The first-order valence-electron chi connectivity index (χ1n) is 23.8. The lowest BCUT2D eigenvalue weighted by Gasteiger charge is -2.34. The molecule has 68 heavy (non-hydrogen) atoms. The third-order valence-electron chi connectivity index (χ3n) is 16.5. The summed E-state index contributed by atoms with van der Waals surface area (Å²) in [6, 6.07) is 37.4. The zero-order chi connectivity index (χ0) is 48.6. The van der Waals surface area contributed by atoms with E-state index in [0.717, 1.165) is 134 Å². The lowest BCUT2D eigenvalue weighted by atomic mass is 9.70. The van der Waals surface area contributed by atoms with E-state index in [1.807, 2.05) is 48.5 Å². The number of hydrogen-bond acceptors (Lipinski definition) is 0. The fourth-order valence-electron chi connectivity index (χ4n) is 11.5. The second-order valence-electron chi connectivity index (χ2n) is 19.7. The summed E-state index contributed by atoms with van der Waals surface area (Å²) in [5, 5.41) is 0. The molecule has 344 valence electrons. The minimum absolute atomic E-state index is 0.300. The molecule has 0 atom stereocenters. The van der Waals surface area contributed by atoms with Crippen molar-refractivity contribution >= 4 is 0 Å². The highest BCUT2D eigenvalue weighted by Gasteiger charge is 2.34. The predicted octanol–water partition coefficient (Wildman–Crippen LogP) is 17.0. The SMILES string of the molecule is Cc1c2cc(c(C)c1C)C(c1ccc(F)cc1)c1cc(c(C)c(C)c1C)C(c1ccc(F)cc1)c1cc(c(C)c(C)c1C)C(c1ccc(F)cc1)c1cc(c(C)c(C)c1C)C2c1ccc(F)cc1. The molecule has 8 aromatic rings. The van der Waals surface area contributed by atoms with E-state index in [4.69, 9.17) is 0 Å².